The number of likely N-dealkylation sites (tertiary alicyclic amines) is 1. The lowest BCUT2D eigenvalue weighted by atomic mass is 9.98. The number of rotatable bonds is 1. The van der Waals surface area contributed by atoms with E-state index >= 15 is 0 Å². The summed E-state index contributed by atoms with van der Waals surface area (Å²) >= 11 is 0. The Kier molecular flexibility index (Phi) is 4.06. The van der Waals surface area contributed by atoms with Gasteiger partial charge in [0.25, 0.3) is 5.91 Å². The van der Waals surface area contributed by atoms with Crippen LogP contribution in [0.2, 0.25) is 0 Å². The first kappa shape index (κ1) is 15.3. The van der Waals surface area contributed by atoms with Crippen molar-refractivity contribution in [2.45, 2.75) is 18.9 Å². The fourth-order valence-electron chi connectivity index (χ4n) is 3.91. The molecule has 4 rings (SSSR count). The van der Waals surface area contributed by atoms with E-state index in [1.807, 2.05) is 35.2 Å². The maximum atomic E-state index is 12.8. The number of amides is 1. The number of hydrogen-bond acceptors (Lipinski definition) is 3. The Bertz CT molecular complexity index is 700. The highest BCUT2D eigenvalue weighted by atomic mass is 35.5. The summed E-state index contributed by atoms with van der Waals surface area (Å²) in [5.74, 6) is 1.11. The van der Waals surface area contributed by atoms with Crippen molar-refractivity contribution < 1.29 is 4.79 Å². The average Bonchev–Trinajstić information content (AvgIpc) is 3.08. The van der Waals surface area contributed by atoms with Crippen molar-refractivity contribution in [2.24, 2.45) is 17.6 Å². The van der Waals surface area contributed by atoms with E-state index in [2.05, 4.69) is 4.98 Å². The highest BCUT2D eigenvalue weighted by Crippen LogP contribution is 2.37. The minimum absolute atomic E-state index is 0. The van der Waals surface area contributed by atoms with E-state index in [0.29, 0.717) is 17.5 Å². The quantitative estimate of drug-likeness (QED) is 0.879. The number of carbonyl (C=O) groups is 1. The Hall–Kier alpha value is -1.65. The summed E-state index contributed by atoms with van der Waals surface area (Å²) in [5, 5.41) is 2.00. The van der Waals surface area contributed by atoms with E-state index in [-0.39, 0.29) is 24.4 Å². The third-order valence-electron chi connectivity index (χ3n) is 5.08. The molecule has 1 aliphatic heterocycles. The van der Waals surface area contributed by atoms with Crippen LogP contribution in [0.5, 0.6) is 0 Å². The van der Waals surface area contributed by atoms with E-state index in [9.17, 15) is 4.79 Å². The molecule has 116 valence electrons. The van der Waals surface area contributed by atoms with E-state index < -0.39 is 0 Å². The molecule has 5 heteroatoms. The zero-order valence-corrected chi connectivity index (χ0v) is 13.1. The van der Waals surface area contributed by atoms with Crippen LogP contribution >= 0.6 is 12.4 Å². The fraction of sp³-hybridized carbons (Fsp3) is 0.412. The number of aromatic nitrogens is 1. The third-order valence-corrected chi connectivity index (χ3v) is 5.08. The first-order valence-corrected chi connectivity index (χ1v) is 7.62. The minimum Gasteiger partial charge on any atom is -0.337 e. The normalized spacial score (nSPS) is 26.8. The van der Waals surface area contributed by atoms with Gasteiger partial charge in [-0.2, -0.15) is 0 Å². The summed E-state index contributed by atoms with van der Waals surface area (Å²) in [6.45, 7) is 1.62. The van der Waals surface area contributed by atoms with Gasteiger partial charge in [0.05, 0.1) is 0 Å². The average molecular weight is 318 g/mol. The molecular weight excluding hydrogens is 298 g/mol. The maximum Gasteiger partial charge on any atom is 0.273 e. The number of hydrogen-bond donors (Lipinski definition) is 1. The summed E-state index contributed by atoms with van der Waals surface area (Å²) in [6, 6.07) is 10.1. The van der Waals surface area contributed by atoms with Gasteiger partial charge in [0, 0.05) is 30.7 Å². The second-order valence-electron chi connectivity index (χ2n) is 6.26. The molecule has 0 radical (unpaired) electrons. The standard InChI is InChI=1S/C17H19N3O.ClH/c18-15-6-5-12-9-20(10-14(12)15)17(21)16-13-4-2-1-3-11(13)7-8-19-16;/h1-4,7-8,12,14-15H,5-6,9-10,18H2;1H. The van der Waals surface area contributed by atoms with Gasteiger partial charge in [-0.25, -0.2) is 0 Å². The Labute approximate surface area is 136 Å². The number of fused-ring (bicyclic) bond motifs is 2. The fourth-order valence-corrected chi connectivity index (χ4v) is 3.91. The number of carbonyl (C=O) groups excluding carboxylic acids is 1. The van der Waals surface area contributed by atoms with Crippen molar-refractivity contribution in [3.63, 3.8) is 0 Å². The SMILES string of the molecule is Cl.NC1CCC2CN(C(=O)c3nccc4ccccc34)CC12. The van der Waals surface area contributed by atoms with Gasteiger partial charge in [-0.3, -0.25) is 9.78 Å². The highest BCUT2D eigenvalue weighted by molar-refractivity contribution is 6.05. The molecular formula is C17H20ClN3O. The molecule has 4 nitrogen and oxygen atoms in total. The zero-order valence-electron chi connectivity index (χ0n) is 12.3. The van der Waals surface area contributed by atoms with Gasteiger partial charge in [0.2, 0.25) is 0 Å². The maximum absolute atomic E-state index is 12.8. The summed E-state index contributed by atoms with van der Waals surface area (Å²) in [7, 11) is 0. The molecule has 1 aromatic carbocycles. The molecule has 0 bridgehead atoms. The molecule has 1 saturated carbocycles. The van der Waals surface area contributed by atoms with Crippen molar-refractivity contribution in [1.29, 1.82) is 0 Å². The van der Waals surface area contributed by atoms with Gasteiger partial charge in [-0.05, 0) is 36.1 Å². The van der Waals surface area contributed by atoms with Crippen molar-refractivity contribution >= 4 is 29.1 Å². The number of pyridine rings is 1. The molecule has 2 aliphatic rings. The molecule has 22 heavy (non-hydrogen) atoms. The molecule has 1 aliphatic carbocycles. The highest BCUT2D eigenvalue weighted by Gasteiger charge is 2.42. The number of halogens is 1. The van der Waals surface area contributed by atoms with Crippen LogP contribution in [0.1, 0.15) is 23.3 Å². The number of benzene rings is 1. The van der Waals surface area contributed by atoms with Crippen LogP contribution in [0.25, 0.3) is 10.8 Å². The number of nitrogens with two attached hydrogens (primary N) is 1. The van der Waals surface area contributed by atoms with Gasteiger partial charge in [-0.15, -0.1) is 12.4 Å². The van der Waals surface area contributed by atoms with Gasteiger partial charge < -0.3 is 10.6 Å². The van der Waals surface area contributed by atoms with Crippen LogP contribution in [0.15, 0.2) is 36.5 Å². The van der Waals surface area contributed by atoms with E-state index in [4.69, 9.17) is 5.73 Å². The topological polar surface area (TPSA) is 59.2 Å². The summed E-state index contributed by atoms with van der Waals surface area (Å²) in [5.41, 5.74) is 6.73. The molecule has 3 atom stereocenters. The Morgan fingerprint density at radius 3 is 2.82 bits per heavy atom. The molecule has 1 amide bonds. The largest absolute Gasteiger partial charge is 0.337 e. The minimum atomic E-state index is 0. The zero-order chi connectivity index (χ0) is 14.4. The van der Waals surface area contributed by atoms with Crippen LogP contribution in [0.3, 0.4) is 0 Å². The Balaban J connectivity index is 0.00000144. The van der Waals surface area contributed by atoms with E-state index in [1.54, 1.807) is 6.20 Å². The second-order valence-corrected chi connectivity index (χ2v) is 6.26. The van der Waals surface area contributed by atoms with Gasteiger partial charge in [0.15, 0.2) is 0 Å². The third kappa shape index (κ3) is 2.36. The molecule has 2 heterocycles. The van der Waals surface area contributed by atoms with Crippen LogP contribution in [-0.2, 0) is 0 Å². The second kappa shape index (κ2) is 5.86. The van der Waals surface area contributed by atoms with Gasteiger partial charge >= 0.3 is 0 Å². The first-order valence-electron chi connectivity index (χ1n) is 7.62. The molecule has 0 spiro atoms. The summed E-state index contributed by atoms with van der Waals surface area (Å²) in [4.78, 5) is 19.1. The summed E-state index contributed by atoms with van der Waals surface area (Å²) < 4.78 is 0. The molecule has 2 N–H and O–H groups in total. The summed E-state index contributed by atoms with van der Waals surface area (Å²) in [6.07, 6.45) is 3.97. The van der Waals surface area contributed by atoms with E-state index in [0.717, 1.165) is 36.7 Å². The van der Waals surface area contributed by atoms with Crippen molar-refractivity contribution in [3.8, 4) is 0 Å². The lowest BCUT2D eigenvalue weighted by Crippen LogP contribution is -2.34. The lowest BCUT2D eigenvalue weighted by Gasteiger charge is -2.19. The van der Waals surface area contributed by atoms with E-state index in [1.165, 1.54) is 0 Å². The molecule has 1 aromatic heterocycles. The van der Waals surface area contributed by atoms with Gasteiger partial charge in [0.1, 0.15) is 5.69 Å². The predicted molar refractivity (Wildman–Crippen MR) is 89.1 cm³/mol. The monoisotopic (exact) mass is 317 g/mol. The van der Waals surface area contributed by atoms with Crippen molar-refractivity contribution in [3.05, 3.63) is 42.2 Å². The Morgan fingerprint density at radius 1 is 1.18 bits per heavy atom. The van der Waals surface area contributed by atoms with Gasteiger partial charge in [-0.1, -0.05) is 24.3 Å². The van der Waals surface area contributed by atoms with Crippen LogP contribution in [-0.4, -0.2) is 34.9 Å². The molecule has 2 fully saturated rings. The predicted octanol–water partition coefficient (Wildman–Crippen LogP) is 2.47. The van der Waals surface area contributed by atoms with Crippen LogP contribution in [0.4, 0.5) is 0 Å². The smallest absolute Gasteiger partial charge is 0.273 e. The van der Waals surface area contributed by atoms with Crippen LogP contribution in [0, 0.1) is 11.8 Å². The van der Waals surface area contributed by atoms with Crippen molar-refractivity contribution in [2.75, 3.05) is 13.1 Å². The number of nitrogens with zero attached hydrogens (tertiary/aromatic N) is 2. The molecule has 1 saturated heterocycles. The van der Waals surface area contributed by atoms with Crippen molar-refractivity contribution in [1.82, 2.24) is 9.88 Å². The Morgan fingerprint density at radius 2 is 2.00 bits per heavy atom. The lowest BCUT2D eigenvalue weighted by molar-refractivity contribution is 0.0776. The molecule has 3 unspecified atom stereocenters. The first-order chi connectivity index (χ1) is 10.2. The molecule has 2 aromatic rings. The van der Waals surface area contributed by atoms with Crippen LogP contribution < -0.4 is 5.73 Å².